The molecule has 0 unspecified atom stereocenters. The molecule has 1 fully saturated rings. The zero-order valence-corrected chi connectivity index (χ0v) is 14.0. The highest BCUT2D eigenvalue weighted by Gasteiger charge is 2.35. The van der Waals surface area contributed by atoms with Gasteiger partial charge in [0, 0.05) is 25.3 Å². The summed E-state index contributed by atoms with van der Waals surface area (Å²) in [4.78, 5) is 2.28. The van der Waals surface area contributed by atoms with Crippen molar-refractivity contribution in [3.8, 4) is 5.69 Å². The summed E-state index contributed by atoms with van der Waals surface area (Å²) in [5.41, 5.74) is 2.24. The predicted molar refractivity (Wildman–Crippen MR) is 88.9 cm³/mol. The Morgan fingerprint density at radius 1 is 1.22 bits per heavy atom. The van der Waals surface area contributed by atoms with Crippen molar-refractivity contribution < 1.29 is 4.74 Å². The second kappa shape index (κ2) is 6.64. The molecule has 0 spiro atoms. The van der Waals surface area contributed by atoms with Gasteiger partial charge in [0.2, 0.25) is 5.95 Å². The SMILES string of the molecule is Cc1ccc(-n2nnnc2NCC2(N(C)C)CCOCC2)cc1. The molecule has 0 aliphatic carbocycles. The van der Waals surface area contributed by atoms with Gasteiger partial charge in [-0.2, -0.15) is 4.68 Å². The number of tetrazole rings is 1. The topological polar surface area (TPSA) is 68.1 Å². The molecule has 0 saturated carbocycles. The summed E-state index contributed by atoms with van der Waals surface area (Å²) < 4.78 is 7.25. The number of rotatable bonds is 5. The first kappa shape index (κ1) is 15.9. The molecule has 2 heterocycles. The van der Waals surface area contributed by atoms with Gasteiger partial charge in [-0.05, 0) is 56.4 Å². The molecule has 1 aromatic heterocycles. The summed E-state index contributed by atoms with van der Waals surface area (Å²) in [5.74, 6) is 0.668. The van der Waals surface area contributed by atoms with Crippen LogP contribution in [-0.2, 0) is 4.74 Å². The molecule has 1 saturated heterocycles. The molecular formula is C16H24N6O. The average Bonchev–Trinajstić information content (AvgIpc) is 3.03. The highest BCUT2D eigenvalue weighted by Crippen LogP contribution is 2.26. The second-order valence-electron chi connectivity index (χ2n) is 6.33. The molecule has 1 N–H and O–H groups in total. The van der Waals surface area contributed by atoms with Gasteiger partial charge in [0.15, 0.2) is 0 Å². The predicted octanol–water partition coefficient (Wildman–Crippen LogP) is 1.49. The monoisotopic (exact) mass is 316 g/mol. The Bertz CT molecular complexity index is 630. The number of nitrogens with zero attached hydrogens (tertiary/aromatic N) is 5. The van der Waals surface area contributed by atoms with E-state index in [-0.39, 0.29) is 5.54 Å². The van der Waals surface area contributed by atoms with Crippen molar-refractivity contribution in [2.24, 2.45) is 0 Å². The second-order valence-corrected chi connectivity index (χ2v) is 6.33. The van der Waals surface area contributed by atoms with E-state index in [0.717, 1.165) is 38.3 Å². The number of likely N-dealkylation sites (N-methyl/N-ethyl adjacent to an activating group) is 1. The molecule has 1 aliphatic rings. The van der Waals surface area contributed by atoms with Crippen LogP contribution in [0.5, 0.6) is 0 Å². The van der Waals surface area contributed by atoms with Gasteiger partial charge >= 0.3 is 0 Å². The number of hydrogen-bond donors (Lipinski definition) is 1. The highest BCUT2D eigenvalue weighted by atomic mass is 16.5. The van der Waals surface area contributed by atoms with Gasteiger partial charge in [-0.3, -0.25) is 0 Å². The first-order valence-electron chi connectivity index (χ1n) is 7.95. The Balaban J connectivity index is 1.76. The van der Waals surface area contributed by atoms with Crippen molar-refractivity contribution in [2.45, 2.75) is 25.3 Å². The van der Waals surface area contributed by atoms with E-state index in [9.17, 15) is 0 Å². The van der Waals surface area contributed by atoms with Crippen molar-refractivity contribution >= 4 is 5.95 Å². The average molecular weight is 316 g/mol. The Hall–Kier alpha value is -1.99. The largest absolute Gasteiger partial charge is 0.381 e. The van der Waals surface area contributed by atoms with Crippen molar-refractivity contribution in [2.75, 3.05) is 39.2 Å². The van der Waals surface area contributed by atoms with Crippen molar-refractivity contribution in [3.05, 3.63) is 29.8 Å². The zero-order valence-electron chi connectivity index (χ0n) is 14.0. The van der Waals surface area contributed by atoms with Crippen LogP contribution in [0, 0.1) is 6.92 Å². The third kappa shape index (κ3) is 3.35. The Morgan fingerprint density at radius 3 is 2.57 bits per heavy atom. The van der Waals surface area contributed by atoms with Crippen LogP contribution >= 0.6 is 0 Å². The third-order valence-corrected chi connectivity index (χ3v) is 4.70. The molecule has 0 radical (unpaired) electrons. The van der Waals surface area contributed by atoms with Crippen LogP contribution in [0.1, 0.15) is 18.4 Å². The molecule has 3 rings (SSSR count). The van der Waals surface area contributed by atoms with Gasteiger partial charge in [-0.15, -0.1) is 0 Å². The Labute approximate surface area is 136 Å². The number of ether oxygens (including phenoxy) is 1. The fourth-order valence-electron chi connectivity index (χ4n) is 2.93. The summed E-state index contributed by atoms with van der Waals surface area (Å²) in [6, 6.07) is 8.15. The van der Waals surface area contributed by atoms with Crippen LogP contribution in [0.3, 0.4) is 0 Å². The molecule has 0 bridgehead atoms. The number of anilines is 1. The van der Waals surface area contributed by atoms with E-state index in [1.165, 1.54) is 5.56 Å². The van der Waals surface area contributed by atoms with Crippen molar-refractivity contribution in [1.29, 1.82) is 0 Å². The van der Waals surface area contributed by atoms with E-state index in [4.69, 9.17) is 4.74 Å². The number of aromatic nitrogens is 4. The maximum absolute atomic E-state index is 5.52. The van der Waals surface area contributed by atoms with E-state index < -0.39 is 0 Å². The highest BCUT2D eigenvalue weighted by molar-refractivity contribution is 5.40. The normalized spacial score (nSPS) is 17.4. The Kier molecular flexibility index (Phi) is 4.58. The van der Waals surface area contributed by atoms with Crippen LogP contribution in [0.15, 0.2) is 24.3 Å². The van der Waals surface area contributed by atoms with E-state index >= 15 is 0 Å². The van der Waals surface area contributed by atoms with Crippen LogP contribution in [0.4, 0.5) is 5.95 Å². The van der Waals surface area contributed by atoms with Crippen LogP contribution < -0.4 is 5.32 Å². The van der Waals surface area contributed by atoms with Crippen molar-refractivity contribution in [1.82, 2.24) is 25.1 Å². The molecule has 0 atom stereocenters. The molecular weight excluding hydrogens is 292 g/mol. The summed E-state index contributed by atoms with van der Waals surface area (Å²) in [6.07, 6.45) is 2.00. The molecule has 1 aromatic carbocycles. The summed E-state index contributed by atoms with van der Waals surface area (Å²) in [5, 5.41) is 15.5. The minimum atomic E-state index is 0.0717. The van der Waals surface area contributed by atoms with Crippen LogP contribution in [0.2, 0.25) is 0 Å². The lowest BCUT2D eigenvalue weighted by Gasteiger charge is -2.42. The van der Waals surface area contributed by atoms with Gasteiger partial charge < -0.3 is 15.0 Å². The first-order chi connectivity index (χ1) is 11.1. The lowest BCUT2D eigenvalue weighted by molar-refractivity contribution is -0.000720. The fourth-order valence-corrected chi connectivity index (χ4v) is 2.93. The minimum absolute atomic E-state index is 0.0717. The maximum Gasteiger partial charge on any atom is 0.247 e. The first-order valence-corrected chi connectivity index (χ1v) is 7.95. The number of nitrogens with one attached hydrogen (secondary N) is 1. The number of hydrogen-bond acceptors (Lipinski definition) is 6. The van der Waals surface area contributed by atoms with Gasteiger partial charge in [0.25, 0.3) is 0 Å². The van der Waals surface area contributed by atoms with Crippen molar-refractivity contribution in [3.63, 3.8) is 0 Å². The van der Waals surface area contributed by atoms with Crippen LogP contribution in [0.25, 0.3) is 5.69 Å². The molecule has 7 nitrogen and oxygen atoms in total. The molecule has 124 valence electrons. The third-order valence-electron chi connectivity index (χ3n) is 4.70. The number of aryl methyl sites for hydroxylation is 1. The van der Waals surface area contributed by atoms with Gasteiger partial charge in [-0.1, -0.05) is 22.8 Å². The zero-order chi connectivity index (χ0) is 16.3. The lowest BCUT2D eigenvalue weighted by atomic mass is 9.88. The van der Waals surface area contributed by atoms with E-state index in [1.54, 1.807) is 4.68 Å². The Morgan fingerprint density at radius 2 is 1.91 bits per heavy atom. The molecule has 23 heavy (non-hydrogen) atoms. The summed E-state index contributed by atoms with van der Waals surface area (Å²) in [7, 11) is 4.24. The fraction of sp³-hybridized carbons (Fsp3) is 0.562. The summed E-state index contributed by atoms with van der Waals surface area (Å²) >= 11 is 0. The standard InChI is InChI=1S/C16H24N6O/c1-13-4-6-14(7-5-13)22-15(18-19-20-22)17-12-16(21(2)3)8-10-23-11-9-16/h4-7H,8-12H2,1-3H3,(H,17,18,20). The molecule has 1 aliphatic heterocycles. The molecule has 2 aromatic rings. The minimum Gasteiger partial charge on any atom is -0.381 e. The van der Waals surface area contributed by atoms with Gasteiger partial charge in [0.05, 0.1) is 5.69 Å². The maximum atomic E-state index is 5.52. The van der Waals surface area contributed by atoms with E-state index in [0.29, 0.717) is 5.95 Å². The van der Waals surface area contributed by atoms with E-state index in [1.807, 2.05) is 12.1 Å². The van der Waals surface area contributed by atoms with Crippen LogP contribution in [-0.4, -0.2) is 64.5 Å². The van der Waals surface area contributed by atoms with E-state index in [2.05, 4.69) is 58.9 Å². The quantitative estimate of drug-likeness (QED) is 0.901. The van der Waals surface area contributed by atoms with Gasteiger partial charge in [0.1, 0.15) is 0 Å². The smallest absolute Gasteiger partial charge is 0.247 e. The molecule has 0 amide bonds. The van der Waals surface area contributed by atoms with Gasteiger partial charge in [-0.25, -0.2) is 0 Å². The molecule has 7 heteroatoms. The number of benzene rings is 1. The lowest BCUT2D eigenvalue weighted by Crippen LogP contribution is -2.53. The summed E-state index contributed by atoms with van der Waals surface area (Å²) in [6.45, 7) is 4.44.